The Bertz CT molecular complexity index is 1150. The van der Waals surface area contributed by atoms with Gasteiger partial charge in [-0.2, -0.15) is 0 Å². The van der Waals surface area contributed by atoms with Gasteiger partial charge in [0.1, 0.15) is 5.69 Å². The molecule has 2 heterocycles. The van der Waals surface area contributed by atoms with Crippen LogP contribution < -0.4 is 0 Å². The first kappa shape index (κ1) is 17.3. The number of esters is 1. The molecule has 0 atom stereocenters. The maximum Gasteiger partial charge on any atom is 0.312 e. The zero-order valence-electron chi connectivity index (χ0n) is 14.3. The zero-order chi connectivity index (χ0) is 19.5. The van der Waals surface area contributed by atoms with E-state index in [4.69, 9.17) is 13.7 Å². The summed E-state index contributed by atoms with van der Waals surface area (Å²) in [5.41, 5.74) is 1.55. The standard InChI is InChI=1S/C18H12N4O6/c23-17(9-14-13-3-1-2-4-15(13)28-21-14)26-10-16-19-20-18(27-16)11-5-7-12(8-6-11)22(24)25/h1-8H,9-10H2. The fourth-order valence-electron chi connectivity index (χ4n) is 2.55. The number of rotatable bonds is 6. The van der Waals surface area contributed by atoms with Crippen molar-refractivity contribution in [3.63, 3.8) is 0 Å². The van der Waals surface area contributed by atoms with Gasteiger partial charge in [-0.15, -0.1) is 10.2 Å². The van der Waals surface area contributed by atoms with Crippen LogP contribution in [0, 0.1) is 10.1 Å². The van der Waals surface area contributed by atoms with Gasteiger partial charge in [-0.1, -0.05) is 17.3 Å². The first-order chi connectivity index (χ1) is 13.6. The van der Waals surface area contributed by atoms with E-state index in [0.717, 1.165) is 5.39 Å². The number of fused-ring (bicyclic) bond motifs is 1. The van der Waals surface area contributed by atoms with Gasteiger partial charge in [0.15, 0.2) is 12.2 Å². The van der Waals surface area contributed by atoms with Crippen molar-refractivity contribution in [3.8, 4) is 11.5 Å². The predicted octanol–water partition coefficient (Wildman–Crippen LogP) is 3.07. The van der Waals surface area contributed by atoms with Crippen LogP contribution in [-0.4, -0.2) is 26.2 Å². The van der Waals surface area contributed by atoms with Crippen molar-refractivity contribution >= 4 is 22.6 Å². The molecule has 0 aliphatic carbocycles. The van der Waals surface area contributed by atoms with Crippen molar-refractivity contribution in [2.75, 3.05) is 0 Å². The Morgan fingerprint density at radius 3 is 2.68 bits per heavy atom. The highest BCUT2D eigenvalue weighted by Crippen LogP contribution is 2.22. The number of carbonyl (C=O) groups excluding carboxylic acids is 1. The molecule has 140 valence electrons. The van der Waals surface area contributed by atoms with Crippen LogP contribution in [0.4, 0.5) is 5.69 Å². The molecule has 0 aliphatic rings. The smallest absolute Gasteiger partial charge is 0.312 e. The van der Waals surface area contributed by atoms with E-state index < -0.39 is 10.9 Å². The lowest BCUT2D eigenvalue weighted by Crippen LogP contribution is -2.08. The summed E-state index contributed by atoms with van der Waals surface area (Å²) in [6.45, 7) is -0.200. The maximum absolute atomic E-state index is 12.0. The minimum Gasteiger partial charge on any atom is -0.455 e. The minimum atomic E-state index is -0.519. The number of non-ortho nitro benzene ring substituents is 1. The van der Waals surface area contributed by atoms with Crippen LogP contribution >= 0.6 is 0 Å². The van der Waals surface area contributed by atoms with Gasteiger partial charge >= 0.3 is 5.97 Å². The normalized spacial score (nSPS) is 10.9. The highest BCUT2D eigenvalue weighted by atomic mass is 16.6. The summed E-state index contributed by atoms with van der Waals surface area (Å²) in [5, 5.41) is 23.0. The van der Waals surface area contributed by atoms with Crippen LogP contribution in [0.3, 0.4) is 0 Å². The van der Waals surface area contributed by atoms with Gasteiger partial charge in [-0.3, -0.25) is 14.9 Å². The molecule has 2 aromatic heterocycles. The van der Waals surface area contributed by atoms with Gasteiger partial charge in [0.25, 0.3) is 11.6 Å². The van der Waals surface area contributed by atoms with Crippen molar-refractivity contribution in [2.24, 2.45) is 0 Å². The number of hydrogen-bond donors (Lipinski definition) is 0. The number of ether oxygens (including phenoxy) is 1. The molecule has 10 heteroatoms. The Morgan fingerprint density at radius 1 is 1.11 bits per heavy atom. The van der Waals surface area contributed by atoms with E-state index in [1.807, 2.05) is 18.2 Å². The van der Waals surface area contributed by atoms with Gasteiger partial charge in [-0.25, -0.2) is 0 Å². The van der Waals surface area contributed by atoms with E-state index in [9.17, 15) is 14.9 Å². The fraction of sp³-hybridized carbons (Fsp3) is 0.111. The molecule has 0 saturated heterocycles. The van der Waals surface area contributed by atoms with Gasteiger partial charge < -0.3 is 13.7 Å². The zero-order valence-corrected chi connectivity index (χ0v) is 14.3. The third-order valence-electron chi connectivity index (χ3n) is 3.91. The van der Waals surface area contributed by atoms with E-state index in [-0.39, 0.29) is 30.5 Å². The predicted molar refractivity (Wildman–Crippen MR) is 93.9 cm³/mol. The second kappa shape index (κ2) is 7.27. The van der Waals surface area contributed by atoms with Crippen molar-refractivity contribution in [2.45, 2.75) is 13.0 Å². The molecule has 0 amide bonds. The van der Waals surface area contributed by atoms with Crippen molar-refractivity contribution in [3.05, 3.63) is 70.2 Å². The van der Waals surface area contributed by atoms with Gasteiger partial charge in [-0.05, 0) is 24.3 Å². The molecule has 0 saturated carbocycles. The Morgan fingerprint density at radius 2 is 1.89 bits per heavy atom. The molecule has 0 radical (unpaired) electrons. The lowest BCUT2D eigenvalue weighted by molar-refractivity contribution is -0.384. The summed E-state index contributed by atoms with van der Waals surface area (Å²) in [4.78, 5) is 22.2. The third kappa shape index (κ3) is 3.56. The molecule has 0 bridgehead atoms. The number of hydrogen-bond acceptors (Lipinski definition) is 9. The highest BCUT2D eigenvalue weighted by Gasteiger charge is 2.15. The first-order valence-corrected chi connectivity index (χ1v) is 8.16. The van der Waals surface area contributed by atoms with Crippen LogP contribution in [0.1, 0.15) is 11.6 Å². The summed E-state index contributed by atoms with van der Waals surface area (Å²) in [5.74, 6) is -0.246. The molecule has 0 fully saturated rings. The van der Waals surface area contributed by atoms with E-state index in [1.54, 1.807) is 6.07 Å². The summed E-state index contributed by atoms with van der Waals surface area (Å²) >= 11 is 0. The number of nitro groups is 1. The summed E-state index contributed by atoms with van der Waals surface area (Å²) < 4.78 is 15.7. The number of aromatic nitrogens is 3. The molecule has 4 aromatic rings. The molecular weight excluding hydrogens is 368 g/mol. The number of nitrogens with zero attached hydrogens (tertiary/aromatic N) is 4. The second-order valence-corrected chi connectivity index (χ2v) is 5.77. The maximum atomic E-state index is 12.0. The van der Waals surface area contributed by atoms with Crippen LogP contribution in [0.25, 0.3) is 22.4 Å². The van der Waals surface area contributed by atoms with E-state index in [2.05, 4.69) is 15.4 Å². The SMILES string of the molecule is O=C(Cc1noc2ccccc12)OCc1nnc(-c2ccc([N+](=O)[O-])cc2)o1. The lowest BCUT2D eigenvalue weighted by atomic mass is 10.2. The van der Waals surface area contributed by atoms with Crippen LogP contribution in [-0.2, 0) is 22.6 Å². The lowest BCUT2D eigenvalue weighted by Gasteiger charge is -2.00. The summed E-state index contributed by atoms with van der Waals surface area (Å²) in [7, 11) is 0. The van der Waals surface area contributed by atoms with Gasteiger partial charge in [0.05, 0.1) is 11.3 Å². The average molecular weight is 380 g/mol. The molecule has 0 aliphatic heterocycles. The van der Waals surface area contributed by atoms with Crippen LogP contribution in [0.5, 0.6) is 0 Å². The molecule has 0 unspecified atom stereocenters. The Labute approximate surface area is 156 Å². The summed E-state index contributed by atoms with van der Waals surface area (Å²) in [6, 6.07) is 12.9. The molecule has 4 rings (SSSR count). The van der Waals surface area contributed by atoms with Crippen molar-refractivity contribution in [1.82, 2.24) is 15.4 Å². The van der Waals surface area contributed by atoms with Gasteiger partial charge in [0.2, 0.25) is 5.89 Å². The first-order valence-electron chi connectivity index (χ1n) is 8.16. The number of nitro benzene ring substituents is 1. The number of benzene rings is 2. The minimum absolute atomic E-state index is 0.0437. The fourth-order valence-corrected chi connectivity index (χ4v) is 2.55. The molecule has 0 N–H and O–H groups in total. The Hall–Kier alpha value is -4.08. The largest absolute Gasteiger partial charge is 0.455 e. The molecular formula is C18H12N4O6. The molecule has 28 heavy (non-hydrogen) atoms. The van der Waals surface area contributed by atoms with E-state index >= 15 is 0 Å². The van der Waals surface area contributed by atoms with Gasteiger partial charge in [0, 0.05) is 23.1 Å². The van der Waals surface area contributed by atoms with Crippen LogP contribution in [0.2, 0.25) is 0 Å². The molecule has 0 spiro atoms. The van der Waals surface area contributed by atoms with E-state index in [0.29, 0.717) is 16.8 Å². The molecule has 2 aromatic carbocycles. The Balaban J connectivity index is 1.37. The monoisotopic (exact) mass is 380 g/mol. The number of carbonyl (C=O) groups is 1. The quantitative estimate of drug-likeness (QED) is 0.281. The summed E-state index contributed by atoms with van der Waals surface area (Å²) in [6.07, 6.45) is -0.0552. The van der Waals surface area contributed by atoms with Crippen molar-refractivity contribution < 1.29 is 23.4 Å². The average Bonchev–Trinajstić information content (AvgIpc) is 3.34. The van der Waals surface area contributed by atoms with Crippen LogP contribution in [0.15, 0.2) is 57.5 Å². The van der Waals surface area contributed by atoms with E-state index in [1.165, 1.54) is 24.3 Å². The topological polar surface area (TPSA) is 134 Å². The highest BCUT2D eigenvalue weighted by molar-refractivity contribution is 5.84. The third-order valence-corrected chi connectivity index (χ3v) is 3.91. The second-order valence-electron chi connectivity index (χ2n) is 5.77. The Kier molecular flexibility index (Phi) is 4.50. The molecule has 10 nitrogen and oxygen atoms in total. The van der Waals surface area contributed by atoms with Crippen molar-refractivity contribution in [1.29, 1.82) is 0 Å². The number of para-hydroxylation sites is 1.